The van der Waals surface area contributed by atoms with Crippen LogP contribution in [0.15, 0.2) is 9.98 Å². The highest BCUT2D eigenvalue weighted by atomic mass is 32.2. The van der Waals surface area contributed by atoms with E-state index in [1.165, 1.54) is 11.8 Å². The quantitative estimate of drug-likeness (QED) is 0.0158. The van der Waals surface area contributed by atoms with Gasteiger partial charge in [-0.1, -0.05) is 19.3 Å². The molecule has 6 atom stereocenters. The summed E-state index contributed by atoms with van der Waals surface area (Å²) >= 11 is 1.26. The van der Waals surface area contributed by atoms with Crippen molar-refractivity contribution in [2.45, 2.75) is 152 Å². The Kier molecular flexibility index (Phi) is 32.5. The van der Waals surface area contributed by atoms with E-state index in [1.54, 1.807) is 6.26 Å². The highest BCUT2D eigenvalue weighted by molar-refractivity contribution is 7.98. The Balaban J connectivity index is 6.48. The molecule has 396 valence electrons. The molecule has 0 aromatic heterocycles. The van der Waals surface area contributed by atoms with E-state index in [0.717, 1.165) is 0 Å². The summed E-state index contributed by atoms with van der Waals surface area (Å²) in [5, 5.41) is 42.3. The number of nitrogens with one attached hydrogen (secondary N) is 6. The summed E-state index contributed by atoms with van der Waals surface area (Å²) in [6.45, 7) is 0.124. The van der Waals surface area contributed by atoms with Gasteiger partial charge >= 0.3 is 17.9 Å². The maximum Gasteiger partial charge on any atom is 0.303 e. The van der Waals surface area contributed by atoms with Gasteiger partial charge in [0.15, 0.2) is 11.9 Å². The number of guanidine groups is 2. The Morgan fingerprint density at radius 2 is 0.757 bits per heavy atom. The summed E-state index contributed by atoms with van der Waals surface area (Å²) in [6, 6.07) is -8.79. The predicted octanol–water partition coefficient (Wildman–Crippen LogP) is -3.95. The van der Waals surface area contributed by atoms with E-state index in [-0.39, 0.29) is 75.7 Å². The van der Waals surface area contributed by atoms with Crippen molar-refractivity contribution in [3.63, 3.8) is 0 Å². The number of carboxylic acid groups (broad SMARTS) is 3. The van der Waals surface area contributed by atoms with E-state index in [0.29, 0.717) is 32.1 Å². The van der Waals surface area contributed by atoms with Crippen LogP contribution in [0.4, 0.5) is 0 Å². The van der Waals surface area contributed by atoms with Crippen molar-refractivity contribution < 1.29 is 68.1 Å². The standard InChI is InChI=1S/C41H72N14O14S/c1-70-22-19-28(55-38(68)27(15-18-33(62)63)54-36(66)25(14-17-32(60)61)50-30(57)11-5-3-2-4-6-12-31(58)59)39(69)53-26(13-16-29(42)56)37(67)52-24(10-8-21-49-41(46)47)35(65)51-23(34(43)64)9-7-20-48-40(44)45/h23-28H,2-22H2,1H3,(H2,42,56)(H2,43,64)(H,50,57)(H,51,65)(H,52,67)(H,53,69)(H,54,66)(H,55,68)(H,58,59)(H,60,61)(H,62,63)(H4,44,45,48)(H4,46,47,49)/t23-,24-,25-,26-,27-,28-/m0/s1. The van der Waals surface area contributed by atoms with Gasteiger partial charge in [-0.15, -0.1) is 0 Å². The molecule has 28 nitrogen and oxygen atoms in total. The third-order valence-electron chi connectivity index (χ3n) is 10.1. The van der Waals surface area contributed by atoms with Gasteiger partial charge in [0.05, 0.1) is 0 Å². The van der Waals surface area contributed by atoms with Crippen molar-refractivity contribution >= 4 is 88.8 Å². The minimum absolute atomic E-state index is 0.0105. The molecule has 70 heavy (non-hydrogen) atoms. The molecule has 0 heterocycles. The number of primary amides is 2. The van der Waals surface area contributed by atoms with Gasteiger partial charge in [0, 0.05) is 45.2 Å². The minimum Gasteiger partial charge on any atom is -0.481 e. The Morgan fingerprint density at radius 3 is 1.14 bits per heavy atom. The topological polar surface area (TPSA) is 501 Å². The SMILES string of the molecule is CSCC[C@H](NC(=O)[C@H](CCC(=O)O)NC(=O)[C@H](CCC(=O)O)NC(=O)CCCCCCCC(=O)O)C(=O)N[C@@H](CCC(N)=O)C(=O)N[C@@H](CCCN=C(N)N)C(=O)N[C@@H](CCCN=C(N)N)C(N)=O. The van der Waals surface area contributed by atoms with Gasteiger partial charge in [0.1, 0.15) is 36.3 Å². The number of unbranched alkanes of at least 4 members (excludes halogenated alkanes) is 4. The second-order valence-corrected chi connectivity index (χ2v) is 17.0. The summed E-state index contributed by atoms with van der Waals surface area (Å²) < 4.78 is 0. The molecule has 0 rings (SSSR count). The van der Waals surface area contributed by atoms with Gasteiger partial charge in [0.25, 0.3) is 0 Å². The first kappa shape index (κ1) is 63.1. The van der Waals surface area contributed by atoms with Crippen molar-refractivity contribution in [3.8, 4) is 0 Å². The first-order valence-electron chi connectivity index (χ1n) is 22.6. The molecular weight excluding hydrogens is 945 g/mol. The molecule has 0 aliphatic rings. The fraction of sp³-hybridized carbons (Fsp3) is 0.683. The van der Waals surface area contributed by atoms with Crippen LogP contribution in [-0.2, 0) is 52.7 Å². The Hall–Kier alpha value is -6.94. The monoisotopic (exact) mass is 1020 g/mol. The fourth-order valence-electron chi connectivity index (χ4n) is 6.41. The number of carboxylic acids is 3. The molecule has 0 aliphatic heterocycles. The molecular formula is C41H72N14O14S. The summed E-state index contributed by atoms with van der Waals surface area (Å²) in [4.78, 5) is 147. The second kappa shape index (κ2) is 36.1. The van der Waals surface area contributed by atoms with E-state index in [2.05, 4.69) is 41.9 Å². The molecule has 0 aromatic carbocycles. The zero-order valence-electron chi connectivity index (χ0n) is 39.4. The lowest BCUT2D eigenvalue weighted by Gasteiger charge is -2.27. The summed E-state index contributed by atoms with van der Waals surface area (Å²) in [5.74, 6) is -11.1. The fourth-order valence-corrected chi connectivity index (χ4v) is 6.89. The van der Waals surface area contributed by atoms with Crippen LogP contribution in [0, 0.1) is 0 Å². The summed E-state index contributed by atoms with van der Waals surface area (Å²) in [7, 11) is 0. The van der Waals surface area contributed by atoms with E-state index in [9.17, 15) is 63.0 Å². The second-order valence-electron chi connectivity index (χ2n) is 16.0. The summed E-state index contributed by atoms with van der Waals surface area (Å²) in [5.41, 5.74) is 32.4. The number of hydrogen-bond acceptors (Lipinski definition) is 14. The number of amides is 8. The van der Waals surface area contributed by atoms with Crippen LogP contribution >= 0.6 is 11.8 Å². The largest absolute Gasteiger partial charge is 0.481 e. The maximum atomic E-state index is 14.0. The van der Waals surface area contributed by atoms with Gasteiger partial charge in [0.2, 0.25) is 47.3 Å². The van der Waals surface area contributed by atoms with Crippen LogP contribution in [-0.4, -0.2) is 154 Å². The van der Waals surface area contributed by atoms with Crippen LogP contribution in [0.1, 0.15) is 116 Å². The molecule has 0 fully saturated rings. The molecule has 21 N–H and O–H groups in total. The molecule has 29 heteroatoms. The highest BCUT2D eigenvalue weighted by Crippen LogP contribution is 2.11. The van der Waals surface area contributed by atoms with E-state index in [1.807, 2.05) is 0 Å². The molecule has 0 saturated carbocycles. The zero-order valence-corrected chi connectivity index (χ0v) is 40.2. The maximum absolute atomic E-state index is 14.0. The number of nitrogens with two attached hydrogens (primary N) is 6. The predicted molar refractivity (Wildman–Crippen MR) is 256 cm³/mol. The van der Waals surface area contributed by atoms with Gasteiger partial charge in [-0.25, -0.2) is 0 Å². The van der Waals surface area contributed by atoms with Crippen molar-refractivity contribution in [2.75, 3.05) is 25.1 Å². The average Bonchev–Trinajstić information content (AvgIpc) is 3.27. The van der Waals surface area contributed by atoms with Gasteiger partial charge in [-0.3, -0.25) is 62.7 Å². The highest BCUT2D eigenvalue weighted by Gasteiger charge is 2.33. The summed E-state index contributed by atoms with van der Waals surface area (Å²) in [6.07, 6.45) is 1.46. The third-order valence-corrected chi connectivity index (χ3v) is 10.8. The average molecular weight is 1020 g/mol. The smallest absolute Gasteiger partial charge is 0.303 e. The molecule has 8 amide bonds. The van der Waals surface area contributed by atoms with E-state index < -0.39 is 140 Å². The molecule has 0 bridgehead atoms. The molecule has 0 unspecified atom stereocenters. The first-order valence-corrected chi connectivity index (χ1v) is 24.0. The number of aliphatic imine (C=N–C) groups is 2. The van der Waals surface area contributed by atoms with Crippen LogP contribution in [0.3, 0.4) is 0 Å². The van der Waals surface area contributed by atoms with Crippen LogP contribution < -0.4 is 66.3 Å². The molecule has 0 aliphatic carbocycles. The third kappa shape index (κ3) is 31.2. The Morgan fingerprint density at radius 1 is 0.414 bits per heavy atom. The number of thioether (sulfide) groups is 1. The number of carbonyl (C=O) groups excluding carboxylic acids is 8. The number of hydrogen-bond donors (Lipinski definition) is 15. The molecule has 0 saturated heterocycles. The van der Waals surface area contributed by atoms with Crippen molar-refractivity contribution in [2.24, 2.45) is 44.4 Å². The van der Waals surface area contributed by atoms with E-state index >= 15 is 0 Å². The lowest BCUT2D eigenvalue weighted by molar-refractivity contribution is -0.140. The molecule has 0 spiro atoms. The van der Waals surface area contributed by atoms with Crippen molar-refractivity contribution in [3.05, 3.63) is 0 Å². The number of nitrogens with zero attached hydrogens (tertiary/aromatic N) is 2. The van der Waals surface area contributed by atoms with Crippen LogP contribution in [0.5, 0.6) is 0 Å². The van der Waals surface area contributed by atoms with E-state index in [4.69, 9.17) is 39.5 Å². The van der Waals surface area contributed by atoms with Gasteiger partial charge in [-0.05, 0) is 76.2 Å². The number of rotatable bonds is 40. The van der Waals surface area contributed by atoms with Gasteiger partial charge in [-0.2, -0.15) is 11.8 Å². The lowest BCUT2D eigenvalue weighted by Crippen LogP contribution is -2.59. The van der Waals surface area contributed by atoms with Crippen LogP contribution in [0.2, 0.25) is 0 Å². The lowest BCUT2D eigenvalue weighted by atomic mass is 10.0. The minimum atomic E-state index is -1.65. The van der Waals surface area contributed by atoms with Gasteiger partial charge < -0.3 is 81.6 Å². The van der Waals surface area contributed by atoms with Crippen LogP contribution in [0.25, 0.3) is 0 Å². The van der Waals surface area contributed by atoms with Crippen molar-refractivity contribution in [1.29, 1.82) is 0 Å². The first-order chi connectivity index (χ1) is 33.0. The number of carbonyl (C=O) groups is 11. The molecule has 0 aromatic rings. The van der Waals surface area contributed by atoms with Crippen molar-refractivity contribution in [1.82, 2.24) is 31.9 Å². The Labute approximate surface area is 409 Å². The molecule has 0 radical (unpaired) electrons. The normalized spacial score (nSPS) is 13.3. The number of aliphatic carboxylic acids is 3. The Bertz CT molecular complexity index is 1830. The zero-order chi connectivity index (χ0) is 53.2.